The third-order valence-electron chi connectivity index (χ3n) is 3.53. The van der Waals surface area contributed by atoms with Crippen molar-refractivity contribution in [2.24, 2.45) is 11.8 Å². The van der Waals surface area contributed by atoms with Crippen molar-refractivity contribution in [3.63, 3.8) is 0 Å². The SMILES string of the molecule is CN1C(=O)[C@@H]2CS(=O)(=O)C[C@@H]2[C@H]1C(=O)OC(C)(C)C. The number of ether oxygens (including phenoxy) is 1. The Kier molecular flexibility index (Phi) is 3.16. The smallest absolute Gasteiger partial charge is 0.329 e. The molecule has 108 valence electrons. The Morgan fingerprint density at radius 2 is 1.89 bits per heavy atom. The fourth-order valence-corrected chi connectivity index (χ4v) is 4.90. The number of amides is 1. The molecule has 6 nitrogen and oxygen atoms in total. The van der Waals surface area contributed by atoms with E-state index in [1.165, 1.54) is 11.9 Å². The van der Waals surface area contributed by atoms with Crippen LogP contribution in [0.3, 0.4) is 0 Å². The number of sulfone groups is 1. The zero-order chi connectivity index (χ0) is 14.6. The first-order valence-corrected chi connectivity index (χ1v) is 8.04. The van der Waals surface area contributed by atoms with E-state index < -0.39 is 39.3 Å². The molecule has 2 rings (SSSR count). The van der Waals surface area contributed by atoms with Gasteiger partial charge in [-0.05, 0) is 20.8 Å². The quantitative estimate of drug-likeness (QED) is 0.626. The average Bonchev–Trinajstić information content (AvgIpc) is 2.59. The van der Waals surface area contributed by atoms with Crippen molar-refractivity contribution >= 4 is 21.7 Å². The molecule has 0 aromatic rings. The molecule has 0 spiro atoms. The molecule has 2 heterocycles. The number of esters is 1. The summed E-state index contributed by atoms with van der Waals surface area (Å²) in [6.45, 7) is 5.22. The van der Waals surface area contributed by atoms with Crippen molar-refractivity contribution in [1.82, 2.24) is 4.90 Å². The highest BCUT2D eigenvalue weighted by atomic mass is 32.2. The lowest BCUT2D eigenvalue weighted by molar-refractivity contribution is -0.162. The summed E-state index contributed by atoms with van der Waals surface area (Å²) in [5.74, 6) is -2.13. The van der Waals surface area contributed by atoms with Gasteiger partial charge in [0, 0.05) is 13.0 Å². The van der Waals surface area contributed by atoms with Crippen LogP contribution in [0.15, 0.2) is 0 Å². The van der Waals surface area contributed by atoms with Crippen molar-refractivity contribution < 1.29 is 22.7 Å². The number of nitrogens with zero attached hydrogens (tertiary/aromatic N) is 1. The number of carbonyl (C=O) groups is 2. The van der Waals surface area contributed by atoms with Gasteiger partial charge in [0.1, 0.15) is 11.6 Å². The largest absolute Gasteiger partial charge is 0.458 e. The first-order valence-electron chi connectivity index (χ1n) is 6.22. The molecule has 0 saturated carbocycles. The summed E-state index contributed by atoms with van der Waals surface area (Å²) in [5.41, 5.74) is -0.656. The molecule has 2 aliphatic heterocycles. The second-order valence-electron chi connectivity index (χ2n) is 6.27. The minimum atomic E-state index is -3.23. The van der Waals surface area contributed by atoms with E-state index in [0.717, 1.165) is 0 Å². The Balaban J connectivity index is 2.25. The predicted octanol–water partition coefficient (Wildman–Crippen LogP) is -0.170. The molecule has 0 unspecified atom stereocenters. The van der Waals surface area contributed by atoms with Crippen LogP contribution in [0.25, 0.3) is 0 Å². The van der Waals surface area contributed by atoms with Gasteiger partial charge in [-0.25, -0.2) is 13.2 Å². The second-order valence-corrected chi connectivity index (χ2v) is 8.43. The van der Waals surface area contributed by atoms with Crippen LogP contribution < -0.4 is 0 Å². The lowest BCUT2D eigenvalue weighted by atomic mass is 9.94. The van der Waals surface area contributed by atoms with E-state index in [4.69, 9.17) is 4.74 Å². The fourth-order valence-electron chi connectivity index (χ4n) is 2.82. The van der Waals surface area contributed by atoms with Gasteiger partial charge in [0.15, 0.2) is 9.84 Å². The van der Waals surface area contributed by atoms with Crippen LogP contribution in [0.2, 0.25) is 0 Å². The molecular formula is C12H19NO5S. The molecule has 0 radical (unpaired) electrons. The molecule has 0 bridgehead atoms. The minimum absolute atomic E-state index is 0.113. The Bertz CT molecular complexity index is 519. The van der Waals surface area contributed by atoms with Crippen molar-refractivity contribution in [1.29, 1.82) is 0 Å². The molecule has 0 N–H and O–H groups in total. The first-order chi connectivity index (χ1) is 8.52. The molecule has 0 aliphatic carbocycles. The standard InChI is InChI=1S/C12H19NO5S/c1-12(2,3)18-11(15)9-7-5-19(16,17)6-8(7)10(14)13(9)4/h7-9H,5-6H2,1-4H3/t7-,8+,9-/m0/s1. The summed E-state index contributed by atoms with van der Waals surface area (Å²) in [6, 6.07) is -0.783. The van der Waals surface area contributed by atoms with E-state index in [9.17, 15) is 18.0 Å². The summed E-state index contributed by atoms with van der Waals surface area (Å²) in [4.78, 5) is 25.5. The van der Waals surface area contributed by atoms with Crippen molar-refractivity contribution in [2.45, 2.75) is 32.4 Å². The van der Waals surface area contributed by atoms with Crippen LogP contribution in [0.1, 0.15) is 20.8 Å². The summed E-state index contributed by atoms with van der Waals surface area (Å²) in [6.07, 6.45) is 0. The van der Waals surface area contributed by atoms with Gasteiger partial charge < -0.3 is 9.64 Å². The van der Waals surface area contributed by atoms with Gasteiger partial charge in [0.25, 0.3) is 0 Å². The molecule has 19 heavy (non-hydrogen) atoms. The second kappa shape index (κ2) is 4.19. The highest BCUT2D eigenvalue weighted by Gasteiger charge is 2.57. The van der Waals surface area contributed by atoms with Crippen LogP contribution in [0.4, 0.5) is 0 Å². The van der Waals surface area contributed by atoms with Gasteiger partial charge in [0.2, 0.25) is 5.91 Å². The molecule has 2 aliphatic rings. The summed E-state index contributed by atoms with van der Waals surface area (Å²) < 4.78 is 28.5. The van der Waals surface area contributed by atoms with Crippen LogP contribution in [0.5, 0.6) is 0 Å². The monoisotopic (exact) mass is 289 g/mol. The lowest BCUT2D eigenvalue weighted by Crippen LogP contribution is -2.43. The third kappa shape index (κ3) is 2.61. The van der Waals surface area contributed by atoms with Crippen molar-refractivity contribution in [3.8, 4) is 0 Å². The molecular weight excluding hydrogens is 270 g/mol. The van der Waals surface area contributed by atoms with Crippen LogP contribution >= 0.6 is 0 Å². The van der Waals surface area contributed by atoms with Gasteiger partial charge >= 0.3 is 5.97 Å². The highest BCUT2D eigenvalue weighted by molar-refractivity contribution is 7.91. The maximum absolute atomic E-state index is 12.2. The molecule has 0 aromatic carbocycles. The van der Waals surface area contributed by atoms with E-state index in [2.05, 4.69) is 0 Å². The van der Waals surface area contributed by atoms with Crippen molar-refractivity contribution in [3.05, 3.63) is 0 Å². The van der Waals surface area contributed by atoms with Gasteiger partial charge in [-0.1, -0.05) is 0 Å². The zero-order valence-corrected chi connectivity index (χ0v) is 12.4. The summed E-state index contributed by atoms with van der Waals surface area (Å²) in [7, 11) is -1.70. The first kappa shape index (κ1) is 14.3. The van der Waals surface area contributed by atoms with Gasteiger partial charge in [-0.3, -0.25) is 4.79 Å². The molecule has 7 heteroatoms. The summed E-state index contributed by atoms with van der Waals surface area (Å²) in [5, 5.41) is 0. The third-order valence-corrected chi connectivity index (χ3v) is 5.29. The Morgan fingerprint density at radius 3 is 2.42 bits per heavy atom. The topological polar surface area (TPSA) is 80.8 Å². The number of rotatable bonds is 1. The number of likely N-dealkylation sites (tertiary alicyclic amines) is 1. The van der Waals surface area contributed by atoms with Gasteiger partial charge in [0.05, 0.1) is 17.4 Å². The zero-order valence-electron chi connectivity index (χ0n) is 11.5. The van der Waals surface area contributed by atoms with E-state index in [-0.39, 0.29) is 17.4 Å². The highest BCUT2D eigenvalue weighted by Crippen LogP contribution is 2.38. The van der Waals surface area contributed by atoms with Crippen LogP contribution in [0, 0.1) is 11.8 Å². The maximum atomic E-state index is 12.2. The predicted molar refractivity (Wildman–Crippen MR) is 68.0 cm³/mol. The number of hydrogen-bond acceptors (Lipinski definition) is 5. The molecule has 2 fully saturated rings. The van der Waals surface area contributed by atoms with Crippen molar-refractivity contribution in [2.75, 3.05) is 18.6 Å². The van der Waals surface area contributed by atoms with E-state index >= 15 is 0 Å². The van der Waals surface area contributed by atoms with E-state index in [1.54, 1.807) is 20.8 Å². The fraction of sp³-hybridized carbons (Fsp3) is 0.833. The number of carbonyl (C=O) groups excluding carboxylic acids is 2. The minimum Gasteiger partial charge on any atom is -0.458 e. The van der Waals surface area contributed by atoms with Gasteiger partial charge in [-0.15, -0.1) is 0 Å². The molecule has 0 aromatic heterocycles. The molecule has 2 saturated heterocycles. The maximum Gasteiger partial charge on any atom is 0.329 e. The molecule has 3 atom stereocenters. The lowest BCUT2D eigenvalue weighted by Gasteiger charge is -2.27. The number of hydrogen-bond donors (Lipinski definition) is 0. The average molecular weight is 289 g/mol. The molecule has 1 amide bonds. The summed E-state index contributed by atoms with van der Waals surface area (Å²) >= 11 is 0. The number of fused-ring (bicyclic) bond motifs is 1. The Hall–Kier alpha value is -1.11. The van der Waals surface area contributed by atoms with E-state index in [0.29, 0.717) is 0 Å². The normalized spacial score (nSPS) is 33.4. The Labute approximate surface area is 113 Å². The van der Waals surface area contributed by atoms with E-state index in [1.807, 2.05) is 0 Å². The number of likely N-dealkylation sites (N-methyl/N-ethyl adjacent to an activating group) is 1. The Morgan fingerprint density at radius 1 is 1.32 bits per heavy atom. The van der Waals surface area contributed by atoms with Crippen LogP contribution in [-0.2, 0) is 24.2 Å². The van der Waals surface area contributed by atoms with Gasteiger partial charge in [-0.2, -0.15) is 0 Å². The van der Waals surface area contributed by atoms with Crippen LogP contribution in [-0.4, -0.2) is 55.4 Å².